The van der Waals surface area contributed by atoms with Gasteiger partial charge in [-0.3, -0.25) is 0 Å². The fraction of sp³-hybridized carbons (Fsp3) is 0.462. The van der Waals surface area contributed by atoms with Crippen LogP contribution in [0.3, 0.4) is 0 Å². The summed E-state index contributed by atoms with van der Waals surface area (Å²) in [6.45, 7) is 5.14. The first-order chi connectivity index (χ1) is 8.38. The van der Waals surface area contributed by atoms with Gasteiger partial charge in [-0.15, -0.1) is 0 Å². The van der Waals surface area contributed by atoms with Crippen LogP contribution in [0, 0.1) is 5.82 Å². The summed E-state index contributed by atoms with van der Waals surface area (Å²) in [6.07, 6.45) is -0.887. The van der Waals surface area contributed by atoms with Gasteiger partial charge in [0.05, 0.1) is 5.60 Å². The molecule has 0 aliphatic heterocycles. The van der Waals surface area contributed by atoms with Crippen LogP contribution in [0.1, 0.15) is 26.3 Å². The second-order valence-electron chi connectivity index (χ2n) is 4.65. The molecule has 0 bridgehead atoms. The summed E-state index contributed by atoms with van der Waals surface area (Å²) in [4.78, 5) is 11.2. The third kappa shape index (κ3) is 5.63. The van der Waals surface area contributed by atoms with Crippen molar-refractivity contribution in [1.82, 2.24) is 0 Å². The summed E-state index contributed by atoms with van der Waals surface area (Å²) in [5, 5.41) is 0. The molecule has 0 fully saturated rings. The lowest BCUT2D eigenvalue weighted by Gasteiger charge is -2.18. The van der Waals surface area contributed by atoms with Crippen LogP contribution in [0.25, 0.3) is 0 Å². The van der Waals surface area contributed by atoms with Crippen molar-refractivity contribution in [3.63, 3.8) is 0 Å². The molecule has 0 N–H and O–H groups in total. The van der Waals surface area contributed by atoms with Crippen molar-refractivity contribution in [2.24, 2.45) is 0 Å². The van der Waals surface area contributed by atoms with Gasteiger partial charge in [-0.05, 0) is 26.8 Å². The van der Waals surface area contributed by atoms with Crippen LogP contribution >= 0.6 is 0 Å². The van der Waals surface area contributed by atoms with E-state index >= 15 is 0 Å². The van der Waals surface area contributed by atoms with E-state index in [1.165, 1.54) is 12.1 Å². The van der Waals surface area contributed by atoms with E-state index in [2.05, 4.69) is 4.74 Å². The summed E-state index contributed by atoms with van der Waals surface area (Å²) < 4.78 is 27.8. The van der Waals surface area contributed by atoms with E-state index in [4.69, 9.17) is 9.47 Å². The largest absolute Gasteiger partial charge is 0.510 e. The maximum atomic E-state index is 13.2. The van der Waals surface area contributed by atoms with E-state index in [9.17, 15) is 9.18 Å². The van der Waals surface area contributed by atoms with Gasteiger partial charge in [-0.1, -0.05) is 18.2 Å². The molecule has 0 unspecified atom stereocenters. The molecule has 5 heteroatoms. The second kappa shape index (κ2) is 6.35. The summed E-state index contributed by atoms with van der Waals surface area (Å²) in [5.74, 6) is -0.420. The van der Waals surface area contributed by atoms with Crippen molar-refractivity contribution in [1.29, 1.82) is 0 Å². The number of ether oxygens (including phenoxy) is 3. The minimum atomic E-state index is -0.887. The normalized spacial score (nSPS) is 11.1. The third-order valence-electron chi connectivity index (χ3n) is 1.97. The topological polar surface area (TPSA) is 44.8 Å². The summed E-state index contributed by atoms with van der Waals surface area (Å²) in [7, 11) is 0. The van der Waals surface area contributed by atoms with Crippen LogP contribution < -0.4 is 0 Å². The minimum absolute atomic E-state index is 0.166. The molecule has 0 aliphatic rings. The van der Waals surface area contributed by atoms with Crippen molar-refractivity contribution in [3.8, 4) is 0 Å². The zero-order valence-corrected chi connectivity index (χ0v) is 10.7. The quantitative estimate of drug-likeness (QED) is 0.612. The van der Waals surface area contributed by atoms with Crippen LogP contribution in [-0.2, 0) is 20.8 Å². The third-order valence-corrected chi connectivity index (χ3v) is 1.97. The Bertz CT molecular complexity index is 398. The molecule has 1 rings (SSSR count). The maximum Gasteiger partial charge on any atom is 0.510 e. The van der Waals surface area contributed by atoms with Crippen LogP contribution in [0.2, 0.25) is 0 Å². The highest BCUT2D eigenvalue weighted by atomic mass is 19.1. The van der Waals surface area contributed by atoms with Gasteiger partial charge in [-0.25, -0.2) is 9.18 Å². The van der Waals surface area contributed by atoms with Gasteiger partial charge in [0.15, 0.2) is 6.79 Å². The number of hydrogen-bond donors (Lipinski definition) is 0. The highest BCUT2D eigenvalue weighted by Crippen LogP contribution is 2.09. The van der Waals surface area contributed by atoms with Crippen molar-refractivity contribution in [2.75, 3.05) is 6.79 Å². The molecule has 18 heavy (non-hydrogen) atoms. The Labute approximate surface area is 106 Å². The van der Waals surface area contributed by atoms with E-state index in [1.54, 1.807) is 12.1 Å². The molecule has 100 valence electrons. The standard InChI is InChI=1S/C13H17FO4/c1-13(2,3)18-9-17-12(15)16-8-10-6-4-5-7-11(10)14/h4-7H,8-9H2,1-3H3. The molecule has 0 saturated heterocycles. The van der Waals surface area contributed by atoms with E-state index in [1.807, 2.05) is 20.8 Å². The highest BCUT2D eigenvalue weighted by molar-refractivity contribution is 5.59. The van der Waals surface area contributed by atoms with Crippen LogP contribution in [0.5, 0.6) is 0 Å². The smallest absolute Gasteiger partial charge is 0.429 e. The molecule has 1 aromatic rings. The van der Waals surface area contributed by atoms with Crippen molar-refractivity contribution >= 4 is 6.16 Å². The van der Waals surface area contributed by atoms with Gasteiger partial charge >= 0.3 is 6.16 Å². The average molecular weight is 256 g/mol. The maximum absolute atomic E-state index is 13.2. The molecule has 0 amide bonds. The summed E-state index contributed by atoms with van der Waals surface area (Å²) in [5.41, 5.74) is -0.0996. The predicted octanol–water partition coefficient (Wildman–Crippen LogP) is 3.25. The number of carbonyl (C=O) groups excluding carboxylic acids is 1. The molecule has 0 radical (unpaired) electrons. The van der Waals surface area contributed by atoms with Crippen LogP contribution in [-0.4, -0.2) is 18.5 Å². The van der Waals surface area contributed by atoms with E-state index < -0.39 is 17.6 Å². The first-order valence-corrected chi connectivity index (χ1v) is 5.55. The Kier molecular flexibility index (Phi) is 5.09. The Balaban J connectivity index is 2.28. The molecule has 0 atom stereocenters. The number of benzene rings is 1. The zero-order chi connectivity index (χ0) is 13.6. The second-order valence-corrected chi connectivity index (χ2v) is 4.65. The average Bonchev–Trinajstić information content (AvgIpc) is 2.26. The first-order valence-electron chi connectivity index (χ1n) is 5.55. The molecular weight excluding hydrogens is 239 g/mol. The van der Waals surface area contributed by atoms with E-state index in [-0.39, 0.29) is 13.4 Å². The van der Waals surface area contributed by atoms with Crippen LogP contribution in [0.15, 0.2) is 24.3 Å². The molecule has 4 nitrogen and oxygen atoms in total. The molecular formula is C13H17FO4. The number of rotatable bonds is 4. The number of halogens is 1. The first kappa shape index (κ1) is 14.4. The molecule has 0 aliphatic carbocycles. The Hall–Kier alpha value is -1.62. The Morgan fingerprint density at radius 1 is 1.22 bits per heavy atom. The van der Waals surface area contributed by atoms with Crippen molar-refractivity contribution in [3.05, 3.63) is 35.6 Å². The molecule has 0 saturated carbocycles. The van der Waals surface area contributed by atoms with Crippen LogP contribution in [0.4, 0.5) is 9.18 Å². The fourth-order valence-corrected chi connectivity index (χ4v) is 1.05. The molecule has 0 aromatic heterocycles. The lowest BCUT2D eigenvalue weighted by molar-refractivity contribution is -0.107. The van der Waals surface area contributed by atoms with Gasteiger partial charge in [0.1, 0.15) is 12.4 Å². The Morgan fingerprint density at radius 2 is 1.89 bits per heavy atom. The van der Waals surface area contributed by atoms with Gasteiger partial charge in [-0.2, -0.15) is 0 Å². The van der Waals surface area contributed by atoms with E-state index in [0.717, 1.165) is 0 Å². The zero-order valence-electron chi connectivity index (χ0n) is 10.7. The fourth-order valence-electron chi connectivity index (χ4n) is 1.05. The monoisotopic (exact) mass is 256 g/mol. The molecule has 0 heterocycles. The molecule has 0 spiro atoms. The number of carbonyl (C=O) groups is 1. The lowest BCUT2D eigenvalue weighted by Crippen LogP contribution is -2.22. The van der Waals surface area contributed by atoms with Gasteiger partial charge in [0.2, 0.25) is 0 Å². The minimum Gasteiger partial charge on any atom is -0.429 e. The predicted molar refractivity (Wildman–Crippen MR) is 63.4 cm³/mol. The highest BCUT2D eigenvalue weighted by Gasteiger charge is 2.12. The Morgan fingerprint density at radius 3 is 2.50 bits per heavy atom. The summed E-state index contributed by atoms with van der Waals surface area (Å²) >= 11 is 0. The SMILES string of the molecule is CC(C)(C)OCOC(=O)OCc1ccccc1F. The van der Waals surface area contributed by atoms with Gasteiger partial charge in [0.25, 0.3) is 0 Å². The van der Waals surface area contributed by atoms with E-state index in [0.29, 0.717) is 5.56 Å². The molecule has 1 aromatic carbocycles. The lowest BCUT2D eigenvalue weighted by atomic mass is 10.2. The van der Waals surface area contributed by atoms with Gasteiger partial charge in [0, 0.05) is 5.56 Å². The van der Waals surface area contributed by atoms with Gasteiger partial charge < -0.3 is 14.2 Å². The van der Waals surface area contributed by atoms with Crippen molar-refractivity contribution in [2.45, 2.75) is 33.0 Å². The number of hydrogen-bond acceptors (Lipinski definition) is 4. The summed E-state index contributed by atoms with van der Waals surface area (Å²) in [6, 6.07) is 6.06. The van der Waals surface area contributed by atoms with Crippen molar-refractivity contribution < 1.29 is 23.4 Å².